The summed E-state index contributed by atoms with van der Waals surface area (Å²) in [5.41, 5.74) is 0.957. The Kier molecular flexibility index (Phi) is 3.08. The predicted octanol–water partition coefficient (Wildman–Crippen LogP) is 3.32. The molecule has 4 rings (SSSR count). The molecular weight excluding hydrogens is 306 g/mol. The monoisotopic (exact) mass is 319 g/mol. The van der Waals surface area contributed by atoms with E-state index in [4.69, 9.17) is 11.6 Å². The van der Waals surface area contributed by atoms with Gasteiger partial charge in [-0.3, -0.25) is 0 Å². The van der Waals surface area contributed by atoms with E-state index in [1.807, 2.05) is 6.92 Å². The van der Waals surface area contributed by atoms with E-state index in [0.29, 0.717) is 17.0 Å². The van der Waals surface area contributed by atoms with E-state index in [1.165, 1.54) is 24.0 Å². The lowest BCUT2D eigenvalue weighted by atomic mass is 10.3. The summed E-state index contributed by atoms with van der Waals surface area (Å²) in [7, 11) is 0. The molecule has 0 amide bonds. The van der Waals surface area contributed by atoms with Gasteiger partial charge < -0.3 is 4.90 Å². The standard InChI is InChI=1S/C14H14ClN5S/c1-9-12(15)18-14-16-8-17-20(14)13(9)19(10-4-5-10)7-11-3-2-6-21-11/h2-3,6,8,10H,4-5,7H2,1H3. The van der Waals surface area contributed by atoms with Crippen molar-refractivity contribution < 1.29 is 0 Å². The number of nitrogens with zero attached hydrogens (tertiary/aromatic N) is 5. The van der Waals surface area contributed by atoms with Crippen molar-refractivity contribution in [1.82, 2.24) is 19.6 Å². The summed E-state index contributed by atoms with van der Waals surface area (Å²) < 4.78 is 1.80. The van der Waals surface area contributed by atoms with Gasteiger partial charge in [0.2, 0.25) is 0 Å². The highest BCUT2D eigenvalue weighted by Gasteiger charge is 2.32. The van der Waals surface area contributed by atoms with Crippen LogP contribution >= 0.6 is 22.9 Å². The largest absolute Gasteiger partial charge is 0.348 e. The molecule has 0 aromatic carbocycles. The molecule has 0 atom stereocenters. The van der Waals surface area contributed by atoms with Crippen molar-refractivity contribution in [3.63, 3.8) is 0 Å². The van der Waals surface area contributed by atoms with Crippen LogP contribution in [0.1, 0.15) is 23.3 Å². The molecule has 5 nitrogen and oxygen atoms in total. The van der Waals surface area contributed by atoms with Crippen molar-refractivity contribution >= 4 is 34.5 Å². The molecule has 0 aliphatic heterocycles. The van der Waals surface area contributed by atoms with Crippen LogP contribution in [0.25, 0.3) is 5.78 Å². The number of thiophene rings is 1. The highest BCUT2D eigenvalue weighted by molar-refractivity contribution is 7.09. The minimum atomic E-state index is 0.502. The second kappa shape index (κ2) is 4.96. The minimum Gasteiger partial charge on any atom is -0.348 e. The first kappa shape index (κ1) is 13.0. The van der Waals surface area contributed by atoms with Crippen LogP contribution in [0.15, 0.2) is 23.8 Å². The molecule has 1 aliphatic rings. The maximum atomic E-state index is 6.28. The maximum absolute atomic E-state index is 6.28. The molecule has 3 aromatic heterocycles. The Balaban J connectivity index is 1.85. The summed E-state index contributed by atoms with van der Waals surface area (Å²) in [6.07, 6.45) is 3.94. The van der Waals surface area contributed by atoms with Crippen LogP contribution in [0.3, 0.4) is 0 Å². The number of rotatable bonds is 4. The molecule has 0 radical (unpaired) electrons. The Morgan fingerprint density at radius 2 is 2.33 bits per heavy atom. The molecule has 0 spiro atoms. The Bertz CT molecular complexity index is 778. The maximum Gasteiger partial charge on any atom is 0.255 e. The number of aromatic nitrogens is 4. The number of anilines is 1. The zero-order valence-electron chi connectivity index (χ0n) is 11.5. The van der Waals surface area contributed by atoms with Crippen molar-refractivity contribution in [2.45, 2.75) is 32.4 Å². The van der Waals surface area contributed by atoms with Crippen LogP contribution in [-0.4, -0.2) is 25.6 Å². The summed E-state index contributed by atoms with van der Waals surface area (Å²) >= 11 is 8.06. The van der Waals surface area contributed by atoms with Gasteiger partial charge in [0, 0.05) is 16.5 Å². The van der Waals surface area contributed by atoms with E-state index in [9.17, 15) is 0 Å². The molecular formula is C14H14ClN5S. The zero-order valence-corrected chi connectivity index (χ0v) is 13.1. The van der Waals surface area contributed by atoms with Gasteiger partial charge in [-0.15, -0.1) is 11.3 Å². The van der Waals surface area contributed by atoms with Gasteiger partial charge in [-0.25, -0.2) is 0 Å². The summed E-state index contributed by atoms with van der Waals surface area (Å²) in [5.74, 6) is 1.57. The predicted molar refractivity (Wildman–Crippen MR) is 84.1 cm³/mol. The summed E-state index contributed by atoms with van der Waals surface area (Å²) in [6.45, 7) is 2.87. The topological polar surface area (TPSA) is 46.3 Å². The lowest BCUT2D eigenvalue weighted by molar-refractivity contribution is 0.748. The summed E-state index contributed by atoms with van der Waals surface area (Å²) in [5, 5.41) is 6.94. The molecule has 0 N–H and O–H groups in total. The van der Waals surface area contributed by atoms with Crippen LogP contribution in [-0.2, 0) is 6.54 Å². The molecule has 1 saturated carbocycles. The van der Waals surface area contributed by atoms with E-state index < -0.39 is 0 Å². The van der Waals surface area contributed by atoms with E-state index in [2.05, 4.69) is 37.5 Å². The smallest absolute Gasteiger partial charge is 0.255 e. The molecule has 0 bridgehead atoms. The van der Waals surface area contributed by atoms with Crippen LogP contribution in [0.5, 0.6) is 0 Å². The molecule has 108 valence electrons. The van der Waals surface area contributed by atoms with Crippen molar-refractivity contribution in [2.24, 2.45) is 0 Å². The third kappa shape index (κ3) is 2.28. The van der Waals surface area contributed by atoms with Crippen LogP contribution in [0.2, 0.25) is 5.15 Å². The molecule has 0 saturated heterocycles. The fourth-order valence-corrected chi connectivity index (χ4v) is 3.42. The fourth-order valence-electron chi connectivity index (χ4n) is 2.55. The summed E-state index contributed by atoms with van der Waals surface area (Å²) in [6, 6.07) is 4.80. The van der Waals surface area contributed by atoms with Crippen molar-refractivity contribution in [3.05, 3.63) is 39.4 Å². The quantitative estimate of drug-likeness (QED) is 0.692. The van der Waals surface area contributed by atoms with Gasteiger partial charge in [-0.2, -0.15) is 19.6 Å². The van der Waals surface area contributed by atoms with Gasteiger partial charge >= 0.3 is 0 Å². The number of hydrogen-bond donors (Lipinski definition) is 0. The third-order valence-electron chi connectivity index (χ3n) is 3.74. The molecule has 3 aromatic rings. The molecule has 0 unspecified atom stereocenters. The highest BCUT2D eigenvalue weighted by Crippen LogP contribution is 2.36. The lowest BCUT2D eigenvalue weighted by Crippen LogP contribution is -2.28. The molecule has 21 heavy (non-hydrogen) atoms. The van der Waals surface area contributed by atoms with Gasteiger partial charge in [0.15, 0.2) is 0 Å². The number of hydrogen-bond acceptors (Lipinski definition) is 5. The molecule has 7 heteroatoms. The first-order chi connectivity index (χ1) is 10.2. The zero-order chi connectivity index (χ0) is 14.4. The lowest BCUT2D eigenvalue weighted by Gasteiger charge is -2.26. The van der Waals surface area contributed by atoms with Crippen molar-refractivity contribution in [3.8, 4) is 0 Å². The first-order valence-corrected chi connectivity index (χ1v) is 8.14. The third-order valence-corrected chi connectivity index (χ3v) is 4.97. The second-order valence-corrected chi connectivity index (χ2v) is 6.65. The molecule has 3 heterocycles. The first-order valence-electron chi connectivity index (χ1n) is 6.89. The Labute approximate surface area is 131 Å². The van der Waals surface area contributed by atoms with Crippen molar-refractivity contribution in [2.75, 3.05) is 4.90 Å². The SMILES string of the molecule is Cc1c(Cl)nc2ncnn2c1N(Cc1cccs1)C1CC1. The van der Waals surface area contributed by atoms with Gasteiger partial charge in [0.25, 0.3) is 5.78 Å². The van der Waals surface area contributed by atoms with E-state index in [1.54, 1.807) is 15.9 Å². The minimum absolute atomic E-state index is 0.502. The number of halogens is 1. The van der Waals surface area contributed by atoms with Crippen LogP contribution < -0.4 is 4.90 Å². The van der Waals surface area contributed by atoms with Gasteiger partial charge in [0.05, 0.1) is 6.54 Å². The van der Waals surface area contributed by atoms with E-state index in [-0.39, 0.29) is 0 Å². The highest BCUT2D eigenvalue weighted by atomic mass is 35.5. The molecule has 1 aliphatic carbocycles. The van der Waals surface area contributed by atoms with Crippen molar-refractivity contribution in [1.29, 1.82) is 0 Å². The average molecular weight is 320 g/mol. The van der Waals surface area contributed by atoms with Crippen LogP contribution in [0, 0.1) is 6.92 Å². The normalized spacial score (nSPS) is 14.8. The Hall–Kier alpha value is -1.66. The van der Waals surface area contributed by atoms with Gasteiger partial charge in [0.1, 0.15) is 17.3 Å². The van der Waals surface area contributed by atoms with E-state index >= 15 is 0 Å². The second-order valence-electron chi connectivity index (χ2n) is 5.26. The summed E-state index contributed by atoms with van der Waals surface area (Å²) in [4.78, 5) is 12.2. The average Bonchev–Trinajstić information content (AvgIpc) is 2.98. The fraction of sp³-hybridized carbons (Fsp3) is 0.357. The van der Waals surface area contributed by atoms with Gasteiger partial charge in [-0.05, 0) is 31.2 Å². The van der Waals surface area contributed by atoms with Gasteiger partial charge in [-0.1, -0.05) is 17.7 Å². The van der Waals surface area contributed by atoms with Crippen LogP contribution in [0.4, 0.5) is 5.82 Å². The molecule has 1 fully saturated rings. The Morgan fingerprint density at radius 3 is 3.05 bits per heavy atom. The Morgan fingerprint density at radius 1 is 1.48 bits per heavy atom. The number of fused-ring (bicyclic) bond motifs is 1. The van der Waals surface area contributed by atoms with E-state index in [0.717, 1.165) is 17.9 Å².